The van der Waals surface area contributed by atoms with Crippen molar-refractivity contribution in [1.29, 1.82) is 0 Å². The first-order valence-corrected chi connectivity index (χ1v) is 3.70. The highest BCUT2D eigenvalue weighted by molar-refractivity contribution is 6.50. The SMILES string of the molecule is CB(O)C(N)c1ccccc1. The van der Waals surface area contributed by atoms with Gasteiger partial charge in [-0.25, -0.2) is 0 Å². The minimum absolute atomic E-state index is 0.267. The Morgan fingerprint density at radius 3 is 2.36 bits per heavy atom. The predicted molar refractivity (Wildman–Crippen MR) is 47.2 cm³/mol. The largest absolute Gasteiger partial charge is 0.449 e. The summed E-state index contributed by atoms with van der Waals surface area (Å²) in [5.41, 5.74) is 6.66. The average molecular weight is 149 g/mol. The molecule has 0 aliphatic rings. The lowest BCUT2D eigenvalue weighted by Crippen LogP contribution is -2.27. The van der Waals surface area contributed by atoms with Crippen molar-refractivity contribution in [2.24, 2.45) is 5.73 Å². The van der Waals surface area contributed by atoms with E-state index in [9.17, 15) is 0 Å². The molecule has 0 aliphatic heterocycles. The molecule has 0 heterocycles. The Kier molecular flexibility index (Phi) is 2.68. The van der Waals surface area contributed by atoms with Crippen LogP contribution in [0.5, 0.6) is 0 Å². The van der Waals surface area contributed by atoms with Crippen LogP contribution >= 0.6 is 0 Å². The number of rotatable bonds is 2. The summed E-state index contributed by atoms with van der Waals surface area (Å²) in [5.74, 6) is -0.267. The maximum absolute atomic E-state index is 9.15. The molecule has 1 rings (SSSR count). The van der Waals surface area contributed by atoms with Crippen molar-refractivity contribution in [3.8, 4) is 0 Å². The van der Waals surface area contributed by atoms with Gasteiger partial charge in [0.15, 0.2) is 0 Å². The van der Waals surface area contributed by atoms with Crippen molar-refractivity contribution in [2.45, 2.75) is 12.8 Å². The molecule has 0 aromatic heterocycles. The Morgan fingerprint density at radius 1 is 1.36 bits per heavy atom. The third-order valence-electron chi connectivity index (χ3n) is 1.70. The van der Waals surface area contributed by atoms with Gasteiger partial charge in [-0.3, -0.25) is 0 Å². The molecule has 0 spiro atoms. The zero-order valence-electron chi connectivity index (χ0n) is 6.57. The molecule has 0 saturated heterocycles. The van der Waals surface area contributed by atoms with Gasteiger partial charge < -0.3 is 10.8 Å². The summed E-state index contributed by atoms with van der Waals surface area (Å²) in [6, 6.07) is 9.59. The van der Waals surface area contributed by atoms with Crippen LogP contribution < -0.4 is 5.73 Å². The highest BCUT2D eigenvalue weighted by Gasteiger charge is 2.15. The van der Waals surface area contributed by atoms with Gasteiger partial charge >= 0.3 is 6.92 Å². The van der Waals surface area contributed by atoms with E-state index in [0.717, 1.165) is 5.56 Å². The Hall–Kier alpha value is -0.795. The Morgan fingerprint density at radius 2 is 1.91 bits per heavy atom. The van der Waals surface area contributed by atoms with E-state index < -0.39 is 6.92 Å². The van der Waals surface area contributed by atoms with Gasteiger partial charge in [-0.1, -0.05) is 37.2 Å². The Bertz CT molecular complexity index is 213. The lowest BCUT2D eigenvalue weighted by molar-refractivity contribution is 0.558. The molecule has 0 saturated carbocycles. The Balaban J connectivity index is 2.77. The van der Waals surface area contributed by atoms with Gasteiger partial charge in [0, 0.05) is 5.94 Å². The molecule has 1 aromatic carbocycles. The molecular formula is C8H12BNO. The second-order valence-corrected chi connectivity index (χ2v) is 2.68. The molecule has 3 N–H and O–H groups in total. The summed E-state index contributed by atoms with van der Waals surface area (Å²) in [6.45, 7) is 1.20. The van der Waals surface area contributed by atoms with Gasteiger partial charge in [-0.15, -0.1) is 0 Å². The first kappa shape index (κ1) is 8.30. The second-order valence-electron chi connectivity index (χ2n) is 2.68. The van der Waals surface area contributed by atoms with Crippen molar-refractivity contribution in [3.63, 3.8) is 0 Å². The van der Waals surface area contributed by atoms with Crippen LogP contribution in [0.15, 0.2) is 30.3 Å². The fraction of sp³-hybridized carbons (Fsp3) is 0.250. The van der Waals surface area contributed by atoms with Crippen LogP contribution in [0.3, 0.4) is 0 Å². The first-order valence-electron chi connectivity index (χ1n) is 3.70. The summed E-state index contributed by atoms with van der Waals surface area (Å²) < 4.78 is 0. The highest BCUT2D eigenvalue weighted by Crippen LogP contribution is 2.10. The van der Waals surface area contributed by atoms with Crippen LogP contribution in [0.4, 0.5) is 0 Å². The van der Waals surface area contributed by atoms with Crippen molar-refractivity contribution >= 4 is 6.92 Å². The average Bonchev–Trinajstić information content (AvgIpc) is 2.05. The smallest absolute Gasteiger partial charge is 0.307 e. The fourth-order valence-corrected chi connectivity index (χ4v) is 0.954. The maximum Gasteiger partial charge on any atom is 0.307 e. The van der Waals surface area contributed by atoms with Gasteiger partial charge in [0.1, 0.15) is 0 Å². The summed E-state index contributed by atoms with van der Waals surface area (Å²) in [5, 5.41) is 9.15. The number of hydrogen-bond donors (Lipinski definition) is 2. The number of hydrogen-bond acceptors (Lipinski definition) is 2. The van der Waals surface area contributed by atoms with Crippen molar-refractivity contribution < 1.29 is 5.02 Å². The molecule has 0 radical (unpaired) electrons. The molecule has 11 heavy (non-hydrogen) atoms. The van der Waals surface area contributed by atoms with Gasteiger partial charge in [-0.2, -0.15) is 0 Å². The minimum Gasteiger partial charge on any atom is -0.449 e. The van der Waals surface area contributed by atoms with E-state index in [-0.39, 0.29) is 5.94 Å². The molecule has 0 bridgehead atoms. The lowest BCUT2D eigenvalue weighted by Gasteiger charge is -2.10. The highest BCUT2D eigenvalue weighted by atomic mass is 16.2. The number of benzene rings is 1. The first-order chi connectivity index (χ1) is 5.22. The molecule has 1 aromatic rings. The lowest BCUT2D eigenvalue weighted by atomic mass is 9.61. The van der Waals surface area contributed by atoms with Crippen LogP contribution in [0, 0.1) is 0 Å². The molecular weight excluding hydrogens is 137 g/mol. The summed E-state index contributed by atoms with van der Waals surface area (Å²) >= 11 is 0. The summed E-state index contributed by atoms with van der Waals surface area (Å²) in [7, 11) is 0. The Labute approximate surface area is 67.2 Å². The van der Waals surface area contributed by atoms with E-state index >= 15 is 0 Å². The van der Waals surface area contributed by atoms with Gasteiger partial charge in [-0.05, 0) is 5.56 Å². The van der Waals surface area contributed by atoms with E-state index in [2.05, 4.69) is 0 Å². The molecule has 0 fully saturated rings. The second kappa shape index (κ2) is 3.55. The molecule has 3 heteroatoms. The topological polar surface area (TPSA) is 46.2 Å². The quantitative estimate of drug-likeness (QED) is 0.612. The predicted octanol–water partition coefficient (Wildman–Crippen LogP) is 0.839. The maximum atomic E-state index is 9.15. The molecule has 0 amide bonds. The third-order valence-corrected chi connectivity index (χ3v) is 1.70. The summed E-state index contributed by atoms with van der Waals surface area (Å²) in [4.78, 5) is 0. The van der Waals surface area contributed by atoms with Crippen LogP contribution in [0.25, 0.3) is 0 Å². The zero-order chi connectivity index (χ0) is 8.27. The van der Waals surface area contributed by atoms with Gasteiger partial charge in [0.25, 0.3) is 0 Å². The zero-order valence-corrected chi connectivity index (χ0v) is 6.57. The molecule has 1 atom stereocenters. The van der Waals surface area contributed by atoms with Crippen LogP contribution in [-0.4, -0.2) is 11.9 Å². The van der Waals surface area contributed by atoms with Crippen molar-refractivity contribution in [1.82, 2.24) is 0 Å². The molecule has 1 unspecified atom stereocenters. The molecule has 58 valence electrons. The van der Waals surface area contributed by atoms with E-state index in [1.54, 1.807) is 6.82 Å². The van der Waals surface area contributed by atoms with Gasteiger partial charge in [0.05, 0.1) is 0 Å². The van der Waals surface area contributed by atoms with Crippen molar-refractivity contribution in [2.75, 3.05) is 0 Å². The third kappa shape index (κ3) is 2.07. The molecule has 0 aliphatic carbocycles. The monoisotopic (exact) mass is 149 g/mol. The number of nitrogens with two attached hydrogens (primary N) is 1. The minimum atomic E-state index is -0.489. The van der Waals surface area contributed by atoms with E-state index in [1.807, 2.05) is 30.3 Å². The van der Waals surface area contributed by atoms with Crippen molar-refractivity contribution in [3.05, 3.63) is 35.9 Å². The van der Waals surface area contributed by atoms with E-state index in [1.165, 1.54) is 0 Å². The van der Waals surface area contributed by atoms with Crippen LogP contribution in [0.2, 0.25) is 6.82 Å². The standard InChI is InChI=1S/C8H12BNO/c1-9(11)8(10)7-5-3-2-4-6-7/h2-6,8,11H,10H2,1H3. The van der Waals surface area contributed by atoms with E-state index in [4.69, 9.17) is 10.8 Å². The van der Waals surface area contributed by atoms with Crippen LogP contribution in [-0.2, 0) is 0 Å². The molecule has 2 nitrogen and oxygen atoms in total. The van der Waals surface area contributed by atoms with Crippen LogP contribution in [0.1, 0.15) is 11.5 Å². The van der Waals surface area contributed by atoms with E-state index in [0.29, 0.717) is 0 Å². The fourth-order valence-electron chi connectivity index (χ4n) is 0.954. The summed E-state index contributed by atoms with van der Waals surface area (Å²) in [6.07, 6.45) is 0. The normalized spacial score (nSPS) is 12.6. The van der Waals surface area contributed by atoms with Gasteiger partial charge in [0.2, 0.25) is 0 Å².